The number of nitrogens with zero attached hydrogens (tertiary/aromatic N) is 1. The molecule has 3 nitrogen and oxygen atoms in total. The molecule has 18 heavy (non-hydrogen) atoms. The normalized spacial score (nSPS) is 21.3. The van der Waals surface area contributed by atoms with Crippen LogP contribution in [0.4, 0.5) is 0 Å². The lowest BCUT2D eigenvalue weighted by Gasteiger charge is -2.37. The van der Waals surface area contributed by atoms with Crippen molar-refractivity contribution in [1.82, 2.24) is 4.98 Å². The smallest absolute Gasteiger partial charge is 0.0870 e. The lowest BCUT2D eigenvalue weighted by molar-refractivity contribution is -0.0442. The Bertz CT molecular complexity index is 367. The molecule has 1 aromatic rings. The van der Waals surface area contributed by atoms with E-state index in [2.05, 4.69) is 11.1 Å². The molecule has 0 radical (unpaired) electrons. The summed E-state index contributed by atoms with van der Waals surface area (Å²) in [5.41, 5.74) is 8.38. The number of aromatic nitrogens is 1. The van der Waals surface area contributed by atoms with E-state index in [9.17, 15) is 0 Å². The van der Waals surface area contributed by atoms with Gasteiger partial charge in [-0.1, -0.05) is 31.7 Å². The van der Waals surface area contributed by atoms with E-state index in [1.54, 1.807) is 7.11 Å². The summed E-state index contributed by atoms with van der Waals surface area (Å²) in [5, 5.41) is 0. The number of rotatable bonds is 3. The third-order valence-corrected chi connectivity index (χ3v) is 4.22. The van der Waals surface area contributed by atoms with Gasteiger partial charge in [0.1, 0.15) is 0 Å². The highest BCUT2D eigenvalue weighted by Gasteiger charge is 2.38. The minimum Gasteiger partial charge on any atom is -0.376 e. The Balaban J connectivity index is 2.22. The van der Waals surface area contributed by atoms with Crippen molar-refractivity contribution >= 4 is 0 Å². The molecule has 1 unspecified atom stereocenters. The first-order valence-electron chi connectivity index (χ1n) is 6.91. The van der Waals surface area contributed by atoms with Gasteiger partial charge in [-0.2, -0.15) is 0 Å². The summed E-state index contributed by atoms with van der Waals surface area (Å²) in [5.74, 6) is 0. The van der Waals surface area contributed by atoms with Gasteiger partial charge in [0.05, 0.1) is 11.6 Å². The molecular weight excluding hydrogens is 224 g/mol. The summed E-state index contributed by atoms with van der Waals surface area (Å²) in [6, 6.07) is 4.03. The van der Waals surface area contributed by atoms with Crippen molar-refractivity contribution in [2.24, 2.45) is 5.73 Å². The van der Waals surface area contributed by atoms with E-state index in [1.165, 1.54) is 25.7 Å². The first-order chi connectivity index (χ1) is 8.68. The fourth-order valence-corrected chi connectivity index (χ4v) is 2.94. The highest BCUT2D eigenvalue weighted by Crippen LogP contribution is 2.38. The average Bonchev–Trinajstić information content (AvgIpc) is 2.65. The van der Waals surface area contributed by atoms with Crippen LogP contribution in [0.25, 0.3) is 0 Å². The molecule has 1 aliphatic rings. The van der Waals surface area contributed by atoms with Gasteiger partial charge in [-0.05, 0) is 31.4 Å². The lowest BCUT2D eigenvalue weighted by Crippen LogP contribution is -2.42. The summed E-state index contributed by atoms with van der Waals surface area (Å²) < 4.78 is 5.85. The lowest BCUT2D eigenvalue weighted by atomic mass is 9.83. The van der Waals surface area contributed by atoms with E-state index in [4.69, 9.17) is 10.5 Å². The molecule has 0 spiro atoms. The maximum absolute atomic E-state index is 6.47. The molecule has 1 aliphatic carbocycles. The molecule has 1 atom stereocenters. The number of hydrogen-bond acceptors (Lipinski definition) is 3. The number of ether oxygens (including phenoxy) is 1. The molecule has 0 aliphatic heterocycles. The summed E-state index contributed by atoms with van der Waals surface area (Å²) in [6.45, 7) is 1.99. The number of pyridine rings is 1. The van der Waals surface area contributed by atoms with Crippen LogP contribution >= 0.6 is 0 Å². The predicted octanol–water partition coefficient (Wildman–Crippen LogP) is 3.13. The Morgan fingerprint density at radius 2 is 1.89 bits per heavy atom. The van der Waals surface area contributed by atoms with Gasteiger partial charge in [0, 0.05) is 19.0 Å². The van der Waals surface area contributed by atoms with Gasteiger partial charge in [0.25, 0.3) is 0 Å². The zero-order valence-corrected chi connectivity index (χ0v) is 11.5. The third kappa shape index (κ3) is 2.73. The van der Waals surface area contributed by atoms with Gasteiger partial charge in [0.2, 0.25) is 0 Å². The average molecular weight is 248 g/mol. The van der Waals surface area contributed by atoms with E-state index in [1.807, 2.05) is 19.2 Å². The molecule has 0 aromatic carbocycles. The zero-order valence-electron chi connectivity index (χ0n) is 11.5. The van der Waals surface area contributed by atoms with Crippen LogP contribution < -0.4 is 5.73 Å². The van der Waals surface area contributed by atoms with Gasteiger partial charge in [0.15, 0.2) is 0 Å². The van der Waals surface area contributed by atoms with Crippen LogP contribution in [-0.4, -0.2) is 17.7 Å². The highest BCUT2D eigenvalue weighted by atomic mass is 16.5. The third-order valence-electron chi connectivity index (χ3n) is 4.22. The fourth-order valence-electron chi connectivity index (χ4n) is 2.94. The van der Waals surface area contributed by atoms with Gasteiger partial charge < -0.3 is 10.5 Å². The Kier molecular flexibility index (Phi) is 4.36. The molecule has 3 heteroatoms. The monoisotopic (exact) mass is 248 g/mol. The molecule has 100 valence electrons. The molecule has 1 heterocycles. The van der Waals surface area contributed by atoms with Crippen molar-refractivity contribution < 1.29 is 4.74 Å². The Morgan fingerprint density at radius 3 is 2.39 bits per heavy atom. The quantitative estimate of drug-likeness (QED) is 0.836. The largest absolute Gasteiger partial charge is 0.376 e. The second-order valence-electron chi connectivity index (χ2n) is 5.39. The van der Waals surface area contributed by atoms with Crippen LogP contribution in [0.2, 0.25) is 0 Å². The minimum absolute atomic E-state index is 0.0753. The van der Waals surface area contributed by atoms with Crippen molar-refractivity contribution in [3.05, 3.63) is 29.6 Å². The summed E-state index contributed by atoms with van der Waals surface area (Å²) >= 11 is 0. The van der Waals surface area contributed by atoms with Crippen LogP contribution in [0.15, 0.2) is 18.3 Å². The maximum atomic E-state index is 6.47. The molecular formula is C15H24N2O. The number of hydrogen-bond donors (Lipinski definition) is 1. The van der Waals surface area contributed by atoms with Gasteiger partial charge >= 0.3 is 0 Å². The van der Waals surface area contributed by atoms with E-state index in [-0.39, 0.29) is 11.6 Å². The van der Waals surface area contributed by atoms with Crippen LogP contribution in [0, 0.1) is 6.92 Å². The molecule has 0 amide bonds. The predicted molar refractivity (Wildman–Crippen MR) is 73.3 cm³/mol. The van der Waals surface area contributed by atoms with E-state index >= 15 is 0 Å². The molecule has 2 rings (SSSR count). The zero-order chi connectivity index (χ0) is 13.0. The van der Waals surface area contributed by atoms with E-state index in [0.29, 0.717) is 0 Å². The van der Waals surface area contributed by atoms with Crippen molar-refractivity contribution in [2.75, 3.05) is 7.11 Å². The van der Waals surface area contributed by atoms with E-state index < -0.39 is 0 Å². The number of nitrogens with two attached hydrogens (primary N) is 1. The Labute approximate surface area is 110 Å². The Morgan fingerprint density at radius 1 is 1.22 bits per heavy atom. The number of aryl methyl sites for hydroxylation is 1. The van der Waals surface area contributed by atoms with Gasteiger partial charge in [-0.3, -0.25) is 4.98 Å². The van der Waals surface area contributed by atoms with Crippen LogP contribution in [-0.2, 0) is 4.74 Å². The maximum Gasteiger partial charge on any atom is 0.0870 e. The van der Waals surface area contributed by atoms with Crippen LogP contribution in [0.3, 0.4) is 0 Å². The molecule has 0 bridgehead atoms. The number of methoxy groups -OCH3 is 1. The standard InChI is InChI=1S/C15H24N2O/c1-12-7-8-13(11-17-12)14(16)15(18-2)9-5-3-4-6-10-15/h7-8,11,14H,3-6,9-10,16H2,1-2H3. The molecule has 1 fully saturated rings. The van der Waals surface area contributed by atoms with Gasteiger partial charge in [-0.15, -0.1) is 0 Å². The fraction of sp³-hybridized carbons (Fsp3) is 0.667. The molecule has 0 saturated heterocycles. The van der Waals surface area contributed by atoms with Crippen molar-refractivity contribution in [3.8, 4) is 0 Å². The van der Waals surface area contributed by atoms with Crippen LogP contribution in [0.1, 0.15) is 55.8 Å². The Hall–Kier alpha value is -0.930. The summed E-state index contributed by atoms with van der Waals surface area (Å²) in [6.07, 6.45) is 9.01. The first kappa shape index (κ1) is 13.5. The van der Waals surface area contributed by atoms with Crippen molar-refractivity contribution in [3.63, 3.8) is 0 Å². The second-order valence-corrected chi connectivity index (χ2v) is 5.39. The first-order valence-corrected chi connectivity index (χ1v) is 6.91. The second kappa shape index (κ2) is 5.81. The van der Waals surface area contributed by atoms with E-state index in [0.717, 1.165) is 24.1 Å². The summed E-state index contributed by atoms with van der Waals surface area (Å²) in [7, 11) is 1.80. The molecule has 2 N–H and O–H groups in total. The minimum atomic E-state index is -0.201. The molecule has 1 aromatic heterocycles. The summed E-state index contributed by atoms with van der Waals surface area (Å²) in [4.78, 5) is 4.35. The highest BCUT2D eigenvalue weighted by molar-refractivity contribution is 5.20. The van der Waals surface area contributed by atoms with Gasteiger partial charge in [-0.25, -0.2) is 0 Å². The van der Waals surface area contributed by atoms with Crippen molar-refractivity contribution in [1.29, 1.82) is 0 Å². The SMILES string of the molecule is COC1(C(N)c2ccc(C)nc2)CCCCCC1. The van der Waals surface area contributed by atoms with Crippen molar-refractivity contribution in [2.45, 2.75) is 57.1 Å². The molecule has 1 saturated carbocycles. The topological polar surface area (TPSA) is 48.1 Å². The van der Waals surface area contributed by atoms with Crippen LogP contribution in [0.5, 0.6) is 0 Å².